The molecule has 23 heavy (non-hydrogen) atoms. The van der Waals surface area contributed by atoms with Crippen molar-refractivity contribution in [2.24, 2.45) is 0 Å². The summed E-state index contributed by atoms with van der Waals surface area (Å²) in [6.45, 7) is 0.658. The Morgan fingerprint density at radius 3 is 2.30 bits per heavy atom. The molecule has 3 aromatic carbocycles. The van der Waals surface area contributed by atoms with Crippen molar-refractivity contribution in [3.8, 4) is 11.4 Å². The highest BCUT2D eigenvalue weighted by Gasteiger charge is 2.15. The van der Waals surface area contributed by atoms with E-state index in [1.54, 1.807) is 12.1 Å². The van der Waals surface area contributed by atoms with Gasteiger partial charge in [0.25, 0.3) is 0 Å². The molecule has 0 saturated carbocycles. The molecule has 4 aromatic rings. The van der Waals surface area contributed by atoms with Gasteiger partial charge in [0.2, 0.25) is 0 Å². The van der Waals surface area contributed by atoms with Crippen LogP contribution in [0.2, 0.25) is 0 Å². The number of benzene rings is 3. The van der Waals surface area contributed by atoms with Crippen LogP contribution >= 0.6 is 0 Å². The highest BCUT2D eigenvalue weighted by molar-refractivity contribution is 5.80. The number of fused-ring (bicyclic) bond motifs is 1. The smallest absolute Gasteiger partial charge is 0.144 e. The van der Waals surface area contributed by atoms with Gasteiger partial charge in [0.15, 0.2) is 0 Å². The molecule has 0 unspecified atom stereocenters. The lowest BCUT2D eigenvalue weighted by Gasteiger charge is -2.10. The van der Waals surface area contributed by atoms with Crippen LogP contribution < -0.4 is 0 Å². The molecule has 4 rings (SSSR count). The Morgan fingerprint density at radius 2 is 1.48 bits per heavy atom. The first-order valence-corrected chi connectivity index (χ1v) is 7.57. The molecule has 0 saturated heterocycles. The van der Waals surface area contributed by atoms with E-state index >= 15 is 0 Å². The Hall–Kier alpha value is -2.94. The summed E-state index contributed by atoms with van der Waals surface area (Å²) in [5.41, 5.74) is 3.57. The summed E-state index contributed by atoms with van der Waals surface area (Å²) in [6.07, 6.45) is 0. The molecule has 0 N–H and O–H groups in total. The van der Waals surface area contributed by atoms with Crippen LogP contribution in [0.25, 0.3) is 22.4 Å². The molecule has 0 atom stereocenters. The van der Waals surface area contributed by atoms with Crippen LogP contribution in [-0.2, 0) is 6.54 Å². The van der Waals surface area contributed by atoms with Gasteiger partial charge in [0, 0.05) is 6.54 Å². The fourth-order valence-corrected chi connectivity index (χ4v) is 2.85. The molecule has 0 amide bonds. The van der Waals surface area contributed by atoms with Crippen molar-refractivity contribution in [1.82, 2.24) is 9.55 Å². The summed E-state index contributed by atoms with van der Waals surface area (Å²) in [5, 5.41) is 0. The first kappa shape index (κ1) is 13.7. The number of para-hydroxylation sites is 2. The molecule has 0 bridgehead atoms. The second kappa shape index (κ2) is 5.69. The van der Waals surface area contributed by atoms with Gasteiger partial charge >= 0.3 is 0 Å². The third-order valence-electron chi connectivity index (χ3n) is 3.95. The van der Waals surface area contributed by atoms with Crippen LogP contribution in [0.4, 0.5) is 4.39 Å². The number of nitrogens with zero attached hydrogens (tertiary/aromatic N) is 2. The normalized spacial score (nSPS) is 11.0. The summed E-state index contributed by atoms with van der Waals surface area (Å²) < 4.78 is 16.3. The Labute approximate surface area is 133 Å². The highest BCUT2D eigenvalue weighted by Crippen LogP contribution is 2.27. The van der Waals surface area contributed by atoms with E-state index in [4.69, 9.17) is 0 Å². The van der Waals surface area contributed by atoms with Crippen molar-refractivity contribution < 1.29 is 4.39 Å². The zero-order chi connectivity index (χ0) is 15.6. The summed E-state index contributed by atoms with van der Waals surface area (Å²) in [4.78, 5) is 4.66. The SMILES string of the molecule is Fc1ccccc1-c1nc2ccccc2n1Cc1ccccc1. The van der Waals surface area contributed by atoms with Gasteiger partial charge in [-0.05, 0) is 29.8 Å². The average Bonchev–Trinajstić information content (AvgIpc) is 2.95. The number of rotatable bonds is 3. The number of aromatic nitrogens is 2. The molecule has 1 aromatic heterocycles. The van der Waals surface area contributed by atoms with Crippen LogP contribution in [0.3, 0.4) is 0 Å². The minimum absolute atomic E-state index is 0.253. The van der Waals surface area contributed by atoms with Gasteiger partial charge in [-0.25, -0.2) is 9.37 Å². The molecule has 0 aliphatic heterocycles. The summed E-state index contributed by atoms with van der Waals surface area (Å²) in [5.74, 6) is 0.408. The standard InChI is InChI=1S/C20H15FN2/c21-17-11-5-4-10-16(17)20-22-18-12-6-7-13-19(18)23(20)14-15-8-2-1-3-9-15/h1-13H,14H2. The van der Waals surface area contributed by atoms with E-state index in [9.17, 15) is 4.39 Å². The lowest BCUT2D eigenvalue weighted by Crippen LogP contribution is -2.03. The molecular formula is C20H15FN2. The Balaban J connectivity index is 1.93. The fourth-order valence-electron chi connectivity index (χ4n) is 2.85. The van der Waals surface area contributed by atoms with Gasteiger partial charge in [-0.1, -0.05) is 54.6 Å². The largest absolute Gasteiger partial charge is 0.319 e. The number of halogens is 1. The van der Waals surface area contributed by atoms with Crippen LogP contribution in [0.1, 0.15) is 5.56 Å². The maximum absolute atomic E-state index is 14.3. The lowest BCUT2D eigenvalue weighted by molar-refractivity contribution is 0.628. The maximum atomic E-state index is 14.3. The van der Waals surface area contributed by atoms with Crippen LogP contribution in [0.15, 0.2) is 78.9 Å². The predicted octanol–water partition coefficient (Wildman–Crippen LogP) is 4.89. The monoisotopic (exact) mass is 302 g/mol. The molecule has 2 nitrogen and oxygen atoms in total. The van der Waals surface area contributed by atoms with Crippen molar-refractivity contribution in [2.45, 2.75) is 6.54 Å². The summed E-state index contributed by atoms with van der Waals surface area (Å²) in [7, 11) is 0. The topological polar surface area (TPSA) is 17.8 Å². The second-order valence-electron chi connectivity index (χ2n) is 5.48. The van der Waals surface area contributed by atoms with E-state index in [0.717, 1.165) is 16.6 Å². The van der Waals surface area contributed by atoms with Gasteiger partial charge in [-0.15, -0.1) is 0 Å². The Kier molecular flexibility index (Phi) is 3.39. The molecule has 3 heteroatoms. The fraction of sp³-hybridized carbons (Fsp3) is 0.0500. The third-order valence-corrected chi connectivity index (χ3v) is 3.95. The molecule has 0 fully saturated rings. The second-order valence-corrected chi connectivity index (χ2v) is 5.48. The number of hydrogen-bond acceptors (Lipinski definition) is 1. The molecule has 112 valence electrons. The Bertz CT molecular complexity index is 958. The number of imidazole rings is 1. The summed E-state index contributed by atoms with van der Waals surface area (Å²) in [6, 6.07) is 24.9. The van der Waals surface area contributed by atoms with Crippen molar-refractivity contribution in [1.29, 1.82) is 0 Å². The molecule has 0 aliphatic rings. The van der Waals surface area contributed by atoms with E-state index in [-0.39, 0.29) is 5.82 Å². The van der Waals surface area contributed by atoms with Gasteiger partial charge in [-0.2, -0.15) is 0 Å². The van der Waals surface area contributed by atoms with Crippen LogP contribution in [0.5, 0.6) is 0 Å². The number of hydrogen-bond donors (Lipinski definition) is 0. The van der Waals surface area contributed by atoms with Gasteiger partial charge < -0.3 is 4.57 Å². The Morgan fingerprint density at radius 1 is 0.783 bits per heavy atom. The van der Waals surface area contributed by atoms with E-state index < -0.39 is 0 Å². The average molecular weight is 302 g/mol. The summed E-state index contributed by atoms with van der Waals surface area (Å²) >= 11 is 0. The quantitative estimate of drug-likeness (QED) is 0.527. The minimum atomic E-state index is -0.253. The third kappa shape index (κ3) is 2.50. The van der Waals surface area contributed by atoms with Gasteiger partial charge in [-0.3, -0.25) is 0 Å². The van der Waals surface area contributed by atoms with Crippen molar-refractivity contribution in [2.75, 3.05) is 0 Å². The minimum Gasteiger partial charge on any atom is -0.319 e. The highest BCUT2D eigenvalue weighted by atomic mass is 19.1. The molecule has 1 heterocycles. The van der Waals surface area contributed by atoms with E-state index in [1.807, 2.05) is 48.5 Å². The van der Waals surface area contributed by atoms with Crippen LogP contribution in [0, 0.1) is 5.82 Å². The first-order valence-electron chi connectivity index (χ1n) is 7.57. The molecule has 0 radical (unpaired) electrons. The zero-order valence-corrected chi connectivity index (χ0v) is 12.5. The van der Waals surface area contributed by atoms with Crippen LogP contribution in [-0.4, -0.2) is 9.55 Å². The van der Waals surface area contributed by atoms with Crippen molar-refractivity contribution in [3.05, 3.63) is 90.2 Å². The van der Waals surface area contributed by atoms with E-state index in [2.05, 4.69) is 21.7 Å². The maximum Gasteiger partial charge on any atom is 0.144 e. The van der Waals surface area contributed by atoms with E-state index in [0.29, 0.717) is 17.9 Å². The van der Waals surface area contributed by atoms with Gasteiger partial charge in [0.05, 0.1) is 16.6 Å². The zero-order valence-electron chi connectivity index (χ0n) is 12.5. The molecule has 0 aliphatic carbocycles. The van der Waals surface area contributed by atoms with Crippen molar-refractivity contribution in [3.63, 3.8) is 0 Å². The first-order chi connectivity index (χ1) is 11.3. The lowest BCUT2D eigenvalue weighted by atomic mass is 10.2. The van der Waals surface area contributed by atoms with Gasteiger partial charge in [0.1, 0.15) is 11.6 Å². The van der Waals surface area contributed by atoms with E-state index in [1.165, 1.54) is 6.07 Å². The molecule has 0 spiro atoms. The molecular weight excluding hydrogens is 287 g/mol. The van der Waals surface area contributed by atoms with Crippen molar-refractivity contribution >= 4 is 11.0 Å². The predicted molar refractivity (Wildman–Crippen MR) is 90.7 cm³/mol.